The average Bonchev–Trinajstić information content (AvgIpc) is 3.37. The molecule has 2 saturated heterocycles. The molecule has 0 unspecified atom stereocenters. The van der Waals surface area contributed by atoms with Gasteiger partial charge in [-0.05, 0) is 38.8 Å². The predicted molar refractivity (Wildman–Crippen MR) is 152 cm³/mol. The molecule has 206 valence electrons. The van der Waals surface area contributed by atoms with E-state index in [1.807, 2.05) is 18.7 Å². The first kappa shape index (κ1) is 26.6. The summed E-state index contributed by atoms with van der Waals surface area (Å²) in [6, 6.07) is 7.46. The van der Waals surface area contributed by atoms with Gasteiger partial charge in [0.05, 0.1) is 16.9 Å². The number of fused-ring (bicyclic) bond motifs is 1. The van der Waals surface area contributed by atoms with Gasteiger partial charge in [-0.2, -0.15) is 4.98 Å². The molecule has 1 amide bonds. The summed E-state index contributed by atoms with van der Waals surface area (Å²) in [5.74, 6) is 0.473. The van der Waals surface area contributed by atoms with Crippen LogP contribution in [-0.4, -0.2) is 83.6 Å². The van der Waals surface area contributed by atoms with Crippen molar-refractivity contribution in [3.63, 3.8) is 0 Å². The molecular weight excluding hydrogens is 498 g/mol. The van der Waals surface area contributed by atoms with Crippen molar-refractivity contribution in [3.8, 4) is 0 Å². The number of hydrogen-bond donors (Lipinski definition) is 5. The SMILES string of the molecule is CCN/C=C(\C=N)c1cccc(NC(=O)c2cc3oc(N4CCNCC4)nc3nc2N2CCC(C)(O)CC2)n1. The van der Waals surface area contributed by atoms with E-state index < -0.39 is 5.60 Å². The molecule has 3 aromatic heterocycles. The molecule has 5 N–H and O–H groups in total. The van der Waals surface area contributed by atoms with Crippen molar-refractivity contribution in [2.24, 2.45) is 0 Å². The Kier molecular flexibility index (Phi) is 7.75. The van der Waals surface area contributed by atoms with Crippen molar-refractivity contribution < 1.29 is 14.3 Å². The van der Waals surface area contributed by atoms with E-state index in [9.17, 15) is 9.90 Å². The van der Waals surface area contributed by atoms with Crippen LogP contribution in [-0.2, 0) is 0 Å². The summed E-state index contributed by atoms with van der Waals surface area (Å²) in [4.78, 5) is 31.7. The van der Waals surface area contributed by atoms with Gasteiger partial charge in [0.15, 0.2) is 5.58 Å². The van der Waals surface area contributed by atoms with Gasteiger partial charge >= 0.3 is 0 Å². The van der Waals surface area contributed by atoms with Gasteiger partial charge in [0.2, 0.25) is 5.65 Å². The molecule has 0 aromatic carbocycles. The van der Waals surface area contributed by atoms with Gasteiger partial charge in [-0.25, -0.2) is 9.97 Å². The zero-order valence-electron chi connectivity index (χ0n) is 22.3. The third-order valence-corrected chi connectivity index (χ3v) is 7.03. The second kappa shape index (κ2) is 11.4. The van der Waals surface area contributed by atoms with E-state index in [1.54, 1.807) is 30.5 Å². The van der Waals surface area contributed by atoms with Gasteiger partial charge < -0.3 is 40.7 Å². The van der Waals surface area contributed by atoms with Crippen molar-refractivity contribution in [3.05, 3.63) is 41.7 Å². The average molecular weight is 534 g/mol. The third-order valence-electron chi connectivity index (χ3n) is 7.03. The fourth-order valence-electron chi connectivity index (χ4n) is 4.69. The summed E-state index contributed by atoms with van der Waals surface area (Å²) < 4.78 is 6.06. The lowest BCUT2D eigenvalue weighted by atomic mass is 9.93. The molecule has 0 saturated carbocycles. The van der Waals surface area contributed by atoms with E-state index in [2.05, 4.69) is 30.8 Å². The maximum absolute atomic E-state index is 13.7. The van der Waals surface area contributed by atoms with Crippen LogP contribution in [0.15, 0.2) is 34.9 Å². The van der Waals surface area contributed by atoms with E-state index in [4.69, 9.17) is 14.8 Å². The molecule has 3 aromatic rings. The van der Waals surface area contributed by atoms with Gasteiger partial charge in [-0.1, -0.05) is 6.07 Å². The Morgan fingerprint density at radius 3 is 2.67 bits per heavy atom. The first-order valence-corrected chi connectivity index (χ1v) is 13.3. The zero-order valence-corrected chi connectivity index (χ0v) is 22.3. The fraction of sp³-hybridized carbons (Fsp3) is 0.444. The molecular formula is C27H35N9O3. The lowest BCUT2D eigenvalue weighted by Gasteiger charge is -2.37. The minimum absolute atomic E-state index is 0.342. The van der Waals surface area contributed by atoms with E-state index in [-0.39, 0.29) is 5.91 Å². The lowest BCUT2D eigenvalue weighted by molar-refractivity contribution is 0.0350. The van der Waals surface area contributed by atoms with Crippen LogP contribution < -0.4 is 25.8 Å². The molecule has 0 atom stereocenters. The van der Waals surface area contributed by atoms with Crippen LogP contribution in [0.1, 0.15) is 42.7 Å². The molecule has 0 bridgehead atoms. The van der Waals surface area contributed by atoms with Crippen molar-refractivity contribution in [1.29, 1.82) is 5.41 Å². The monoisotopic (exact) mass is 533 g/mol. The quantitative estimate of drug-likeness (QED) is 0.272. The van der Waals surface area contributed by atoms with Gasteiger partial charge in [-0.3, -0.25) is 4.79 Å². The lowest BCUT2D eigenvalue weighted by Crippen LogP contribution is -2.43. The predicted octanol–water partition coefficient (Wildman–Crippen LogP) is 2.23. The van der Waals surface area contributed by atoms with Crippen molar-refractivity contribution in [2.45, 2.75) is 32.3 Å². The highest BCUT2D eigenvalue weighted by atomic mass is 16.4. The van der Waals surface area contributed by atoms with Gasteiger partial charge in [-0.15, -0.1) is 0 Å². The van der Waals surface area contributed by atoms with E-state index in [0.717, 1.165) is 32.7 Å². The number of rotatable bonds is 8. The third kappa shape index (κ3) is 6.02. The Morgan fingerprint density at radius 2 is 1.95 bits per heavy atom. The maximum atomic E-state index is 13.7. The van der Waals surface area contributed by atoms with E-state index in [1.165, 1.54) is 6.21 Å². The fourth-order valence-corrected chi connectivity index (χ4v) is 4.69. The molecule has 0 radical (unpaired) electrons. The molecule has 0 aliphatic carbocycles. The van der Waals surface area contributed by atoms with Crippen molar-refractivity contribution >= 4 is 46.6 Å². The summed E-state index contributed by atoms with van der Waals surface area (Å²) in [5, 5.41) is 27.5. The summed E-state index contributed by atoms with van der Waals surface area (Å²) >= 11 is 0. The normalized spacial score (nSPS) is 17.8. The van der Waals surface area contributed by atoms with Crippen LogP contribution in [0.25, 0.3) is 16.8 Å². The Balaban J connectivity index is 1.48. The number of piperidine rings is 1. The highest BCUT2D eigenvalue weighted by Gasteiger charge is 2.31. The Morgan fingerprint density at radius 1 is 1.18 bits per heavy atom. The number of anilines is 3. The van der Waals surface area contributed by atoms with Crippen LogP contribution in [0, 0.1) is 5.41 Å². The number of aromatic nitrogens is 3. The minimum atomic E-state index is -0.747. The van der Waals surface area contributed by atoms with Crippen LogP contribution in [0.2, 0.25) is 0 Å². The number of hydrogen-bond acceptors (Lipinski definition) is 11. The van der Waals surface area contributed by atoms with Gasteiger partial charge in [0.1, 0.15) is 11.6 Å². The summed E-state index contributed by atoms with van der Waals surface area (Å²) in [7, 11) is 0. The van der Waals surface area contributed by atoms with Crippen LogP contribution in [0.5, 0.6) is 0 Å². The molecule has 12 nitrogen and oxygen atoms in total. The van der Waals surface area contributed by atoms with Crippen LogP contribution >= 0.6 is 0 Å². The summed E-state index contributed by atoms with van der Waals surface area (Å²) in [5.41, 5.74) is 1.63. The zero-order chi connectivity index (χ0) is 27.4. The minimum Gasteiger partial charge on any atom is -0.422 e. The Hall–Kier alpha value is -4.03. The van der Waals surface area contributed by atoms with Crippen LogP contribution in [0.3, 0.4) is 0 Å². The van der Waals surface area contributed by atoms with E-state index >= 15 is 0 Å². The number of aliphatic hydroxyl groups is 1. The number of oxazole rings is 1. The molecule has 0 spiro atoms. The van der Waals surface area contributed by atoms with Crippen molar-refractivity contribution in [1.82, 2.24) is 25.6 Å². The number of piperazine rings is 1. The number of allylic oxidation sites excluding steroid dienone is 1. The largest absolute Gasteiger partial charge is 0.422 e. The van der Waals surface area contributed by atoms with Gasteiger partial charge in [0, 0.05) is 69.9 Å². The van der Waals surface area contributed by atoms with Gasteiger partial charge in [0.25, 0.3) is 11.9 Å². The number of nitrogens with zero attached hydrogens (tertiary/aromatic N) is 5. The molecule has 5 heterocycles. The molecule has 5 rings (SSSR count). The first-order valence-electron chi connectivity index (χ1n) is 13.3. The molecule has 2 aliphatic heterocycles. The Labute approximate surface area is 227 Å². The number of pyridine rings is 2. The number of amides is 1. The molecule has 39 heavy (non-hydrogen) atoms. The summed E-state index contributed by atoms with van der Waals surface area (Å²) in [6.07, 6.45) is 4.07. The molecule has 12 heteroatoms. The standard InChI is InChI=1S/C27H35N9O3/c1-3-29-17-18(16-28)20-5-4-6-22(31-20)32-25(37)19-15-21-23(34-26(39-21)36-13-9-30-10-14-36)33-24(19)35-11-7-27(2,38)8-12-35/h4-6,15-17,28-30,38H,3,7-14H2,1-2H3,(H,31,32,37)/b18-17+,28-16?. The highest BCUT2D eigenvalue weighted by molar-refractivity contribution is 6.10. The highest BCUT2D eigenvalue weighted by Crippen LogP contribution is 2.31. The maximum Gasteiger partial charge on any atom is 0.300 e. The second-order valence-electron chi connectivity index (χ2n) is 10.1. The number of nitrogens with one attached hydrogen (secondary N) is 4. The summed E-state index contributed by atoms with van der Waals surface area (Å²) in [6.45, 7) is 8.86. The first-order chi connectivity index (χ1) is 18.9. The Bertz CT molecular complexity index is 1370. The smallest absolute Gasteiger partial charge is 0.300 e. The number of carbonyl (C=O) groups is 1. The van der Waals surface area contributed by atoms with E-state index in [0.29, 0.717) is 71.6 Å². The molecule has 2 fully saturated rings. The second-order valence-corrected chi connectivity index (χ2v) is 10.1. The molecule has 2 aliphatic rings. The van der Waals surface area contributed by atoms with Crippen LogP contribution in [0.4, 0.5) is 17.7 Å². The number of carbonyl (C=O) groups excluding carboxylic acids is 1. The topological polar surface area (TPSA) is 156 Å². The van der Waals surface area contributed by atoms with Crippen molar-refractivity contribution in [2.75, 3.05) is 60.9 Å².